The average molecular weight is 460 g/mol. The van der Waals surface area contributed by atoms with Crippen LogP contribution in [-0.2, 0) is 9.53 Å². The number of nitrogens with zero attached hydrogens (tertiary/aromatic N) is 2. The second kappa shape index (κ2) is 10.2. The van der Waals surface area contributed by atoms with E-state index in [0.29, 0.717) is 11.6 Å². The molecule has 1 aliphatic heterocycles. The fraction of sp³-hybridized carbons (Fsp3) is 0.520. The van der Waals surface area contributed by atoms with E-state index in [1.54, 1.807) is 0 Å². The van der Waals surface area contributed by atoms with E-state index in [1.807, 2.05) is 65.0 Å². The monoisotopic (exact) mass is 459 g/mol. The Bertz CT molecular complexity index is 952. The predicted molar refractivity (Wildman–Crippen MR) is 128 cm³/mol. The highest BCUT2D eigenvalue weighted by Crippen LogP contribution is 2.23. The number of amides is 1. The number of carbonyl (C=O) groups excluding carboxylic acids is 2. The molecule has 1 aliphatic rings. The van der Waals surface area contributed by atoms with Gasteiger partial charge < -0.3 is 14.6 Å². The van der Waals surface area contributed by atoms with Gasteiger partial charge in [0.15, 0.2) is 5.78 Å². The van der Waals surface area contributed by atoms with Gasteiger partial charge in [-0.05, 0) is 77.8 Å². The molecule has 0 unspecified atom stereocenters. The molecule has 0 bridgehead atoms. The summed E-state index contributed by atoms with van der Waals surface area (Å²) in [6, 6.07) is 9.61. The van der Waals surface area contributed by atoms with E-state index < -0.39 is 0 Å². The fourth-order valence-corrected chi connectivity index (χ4v) is 4.33. The first kappa shape index (κ1) is 24.5. The number of aryl methyl sites for hydroxylation is 1. The lowest BCUT2D eigenvalue weighted by atomic mass is 10.1. The fourth-order valence-electron chi connectivity index (χ4n) is 4.20. The molecule has 1 aromatic carbocycles. The molecule has 174 valence electrons. The number of nitrogens with one attached hydrogen (secondary N) is 1. The van der Waals surface area contributed by atoms with Gasteiger partial charge in [0.25, 0.3) is 0 Å². The highest BCUT2D eigenvalue weighted by molar-refractivity contribution is 6.30. The molecular weight excluding hydrogens is 426 g/mol. The zero-order valence-corrected chi connectivity index (χ0v) is 20.5. The van der Waals surface area contributed by atoms with E-state index in [0.717, 1.165) is 48.6 Å². The highest BCUT2D eigenvalue weighted by Gasteiger charge is 2.25. The van der Waals surface area contributed by atoms with Gasteiger partial charge in [-0.15, -0.1) is 0 Å². The van der Waals surface area contributed by atoms with Crippen LogP contribution < -0.4 is 5.32 Å². The zero-order chi connectivity index (χ0) is 23.5. The standard InChI is InChI=1S/C25H34ClN3O3/c1-17-14-22(18(2)29(17)20-8-6-19(26)7-9-20)23(30)15-28-12-10-21(11-13-28)32-16-24(31)27-25(3,4)5/h6-9,14,21H,10-13,15-16H2,1-5H3,(H,27,31). The number of rotatable bonds is 7. The van der Waals surface area contributed by atoms with Crippen LogP contribution in [0.2, 0.25) is 5.02 Å². The SMILES string of the molecule is Cc1cc(C(=O)CN2CCC(OCC(=O)NC(C)(C)C)CC2)c(C)n1-c1ccc(Cl)cc1. The first-order chi connectivity index (χ1) is 15.0. The summed E-state index contributed by atoms with van der Waals surface area (Å²) in [5.74, 6) is 0.0355. The van der Waals surface area contributed by atoms with Gasteiger partial charge in [0.1, 0.15) is 6.61 Å². The minimum Gasteiger partial charge on any atom is -0.368 e. The van der Waals surface area contributed by atoms with Crippen molar-refractivity contribution in [2.75, 3.05) is 26.2 Å². The Morgan fingerprint density at radius 2 is 1.75 bits per heavy atom. The van der Waals surface area contributed by atoms with Crippen molar-refractivity contribution in [2.45, 2.75) is 59.1 Å². The van der Waals surface area contributed by atoms with E-state index >= 15 is 0 Å². The molecule has 7 heteroatoms. The number of carbonyl (C=O) groups is 2. The summed E-state index contributed by atoms with van der Waals surface area (Å²) >= 11 is 6.02. The van der Waals surface area contributed by atoms with Gasteiger partial charge in [-0.2, -0.15) is 0 Å². The third-order valence-corrected chi connectivity index (χ3v) is 5.93. The largest absolute Gasteiger partial charge is 0.368 e. The molecule has 2 heterocycles. The Kier molecular flexibility index (Phi) is 7.80. The Morgan fingerprint density at radius 3 is 2.34 bits per heavy atom. The summed E-state index contributed by atoms with van der Waals surface area (Å²) < 4.78 is 7.88. The first-order valence-corrected chi connectivity index (χ1v) is 11.5. The van der Waals surface area contributed by atoms with Crippen molar-refractivity contribution < 1.29 is 14.3 Å². The molecule has 3 rings (SSSR count). The maximum absolute atomic E-state index is 13.1. The van der Waals surface area contributed by atoms with Gasteiger partial charge in [0.05, 0.1) is 12.6 Å². The summed E-state index contributed by atoms with van der Waals surface area (Å²) in [4.78, 5) is 27.2. The third-order valence-electron chi connectivity index (χ3n) is 5.68. The highest BCUT2D eigenvalue weighted by atomic mass is 35.5. The van der Waals surface area contributed by atoms with E-state index in [-0.39, 0.29) is 29.9 Å². The molecule has 32 heavy (non-hydrogen) atoms. The van der Waals surface area contributed by atoms with Crippen molar-refractivity contribution in [3.05, 3.63) is 52.3 Å². The van der Waals surface area contributed by atoms with Gasteiger partial charge in [0.2, 0.25) is 5.91 Å². The van der Waals surface area contributed by atoms with Crippen molar-refractivity contribution in [1.82, 2.24) is 14.8 Å². The minimum absolute atomic E-state index is 0.0574. The molecule has 0 atom stereocenters. The topological polar surface area (TPSA) is 63.6 Å². The summed E-state index contributed by atoms with van der Waals surface area (Å²) in [5, 5.41) is 3.60. The van der Waals surface area contributed by atoms with Crippen molar-refractivity contribution >= 4 is 23.3 Å². The Labute approximate surface area is 195 Å². The van der Waals surface area contributed by atoms with Crippen LogP contribution >= 0.6 is 11.6 Å². The number of aromatic nitrogens is 1. The van der Waals surface area contributed by atoms with E-state index in [9.17, 15) is 9.59 Å². The number of ketones is 1. The lowest BCUT2D eigenvalue weighted by Crippen LogP contribution is -2.44. The summed E-state index contributed by atoms with van der Waals surface area (Å²) in [5.41, 5.74) is 3.46. The van der Waals surface area contributed by atoms with Crippen molar-refractivity contribution in [3.63, 3.8) is 0 Å². The van der Waals surface area contributed by atoms with Crippen LogP contribution in [0.4, 0.5) is 0 Å². The molecule has 1 fully saturated rings. The smallest absolute Gasteiger partial charge is 0.246 e. The second-order valence-corrected chi connectivity index (χ2v) is 10.0. The number of hydrogen-bond donors (Lipinski definition) is 1. The first-order valence-electron chi connectivity index (χ1n) is 11.2. The van der Waals surface area contributed by atoms with Crippen LogP contribution in [0, 0.1) is 13.8 Å². The van der Waals surface area contributed by atoms with Crippen molar-refractivity contribution in [2.24, 2.45) is 0 Å². The maximum Gasteiger partial charge on any atom is 0.246 e. The molecule has 0 radical (unpaired) electrons. The van der Waals surface area contributed by atoms with Gasteiger partial charge in [0, 0.05) is 46.3 Å². The van der Waals surface area contributed by atoms with Gasteiger partial charge >= 0.3 is 0 Å². The van der Waals surface area contributed by atoms with Gasteiger partial charge in [-0.25, -0.2) is 0 Å². The van der Waals surface area contributed by atoms with E-state index in [1.165, 1.54) is 0 Å². The van der Waals surface area contributed by atoms with Crippen molar-refractivity contribution in [1.29, 1.82) is 0 Å². The summed E-state index contributed by atoms with van der Waals surface area (Å²) in [6.07, 6.45) is 1.70. The molecule has 1 amide bonds. The normalized spacial score (nSPS) is 15.7. The molecule has 0 spiro atoms. The molecule has 0 saturated carbocycles. The number of piperidine rings is 1. The van der Waals surface area contributed by atoms with E-state index in [4.69, 9.17) is 16.3 Å². The quantitative estimate of drug-likeness (QED) is 0.626. The Morgan fingerprint density at radius 1 is 1.12 bits per heavy atom. The van der Waals surface area contributed by atoms with Crippen LogP contribution in [0.25, 0.3) is 5.69 Å². The molecular formula is C25H34ClN3O3. The van der Waals surface area contributed by atoms with Crippen LogP contribution in [0.3, 0.4) is 0 Å². The van der Waals surface area contributed by atoms with Crippen LogP contribution in [0.1, 0.15) is 55.4 Å². The number of ether oxygens (including phenoxy) is 1. The number of Topliss-reactive ketones (excluding diaryl/α,β-unsaturated/α-hetero) is 1. The van der Waals surface area contributed by atoms with Crippen LogP contribution in [0.15, 0.2) is 30.3 Å². The molecule has 2 aromatic rings. The molecule has 0 aliphatic carbocycles. The Balaban J connectivity index is 1.53. The molecule has 1 saturated heterocycles. The minimum atomic E-state index is -0.257. The third kappa shape index (κ3) is 6.44. The molecule has 1 aromatic heterocycles. The summed E-state index contributed by atoms with van der Waals surface area (Å²) in [6.45, 7) is 11.9. The average Bonchev–Trinajstić information content (AvgIpc) is 3.01. The van der Waals surface area contributed by atoms with E-state index in [2.05, 4.69) is 14.8 Å². The number of hydrogen-bond acceptors (Lipinski definition) is 4. The number of halogens is 1. The lowest BCUT2D eigenvalue weighted by Gasteiger charge is -2.31. The van der Waals surface area contributed by atoms with Crippen molar-refractivity contribution in [3.8, 4) is 5.69 Å². The van der Waals surface area contributed by atoms with Gasteiger partial charge in [-0.3, -0.25) is 14.5 Å². The molecule has 6 nitrogen and oxygen atoms in total. The van der Waals surface area contributed by atoms with Crippen LogP contribution in [-0.4, -0.2) is 59.0 Å². The predicted octanol–water partition coefficient (Wildman–Crippen LogP) is 4.33. The van der Waals surface area contributed by atoms with Gasteiger partial charge in [-0.1, -0.05) is 11.6 Å². The number of likely N-dealkylation sites (tertiary alicyclic amines) is 1. The molecule has 1 N–H and O–H groups in total. The lowest BCUT2D eigenvalue weighted by molar-refractivity contribution is -0.130. The second-order valence-electron chi connectivity index (χ2n) is 9.60. The number of benzene rings is 1. The maximum atomic E-state index is 13.1. The zero-order valence-electron chi connectivity index (χ0n) is 19.7. The van der Waals surface area contributed by atoms with Crippen LogP contribution in [0.5, 0.6) is 0 Å². The Hall–Kier alpha value is -2.15. The summed E-state index contributed by atoms with van der Waals surface area (Å²) in [7, 11) is 0.